The Morgan fingerprint density at radius 1 is 0.506 bits per heavy atom. The van der Waals surface area contributed by atoms with Gasteiger partial charge in [-0.25, -0.2) is 4.79 Å². The third-order valence-corrected chi connectivity index (χ3v) is 14.9. The second-order valence-electron chi connectivity index (χ2n) is 19.5. The molecule has 1 saturated heterocycles. The van der Waals surface area contributed by atoms with Gasteiger partial charge in [-0.3, -0.25) is 14.4 Å². The van der Waals surface area contributed by atoms with E-state index in [2.05, 4.69) is 56.0 Å². The first-order valence-corrected chi connectivity index (χ1v) is 32.7. The van der Waals surface area contributed by atoms with Gasteiger partial charge in [0.25, 0.3) is 5.91 Å². The summed E-state index contributed by atoms with van der Waals surface area (Å²) in [6.07, 6.45) is 9.50. The lowest BCUT2D eigenvalue weighted by atomic mass is 10.1. The smallest absolute Gasteiger partial charge is 0.312 e. The number of nitrogens with one attached hydrogen (secondary N) is 4. The van der Waals surface area contributed by atoms with E-state index in [9.17, 15) is 19.2 Å². The van der Waals surface area contributed by atoms with Gasteiger partial charge in [-0.2, -0.15) is 11.8 Å². The number of ether oxygens (including phenoxy) is 14. The molecule has 0 radical (unpaired) electrons. The third kappa shape index (κ3) is 43.6. The van der Waals surface area contributed by atoms with Crippen LogP contribution in [0.5, 0.6) is 11.5 Å². The molecule has 25 heteroatoms. The number of rotatable bonds is 59. The highest BCUT2D eigenvalue weighted by Gasteiger charge is 2.25. The number of primary amides is 1. The van der Waals surface area contributed by atoms with Gasteiger partial charge in [0.2, 0.25) is 11.8 Å². The van der Waals surface area contributed by atoms with Crippen molar-refractivity contribution in [2.45, 2.75) is 88.5 Å². The predicted molar refractivity (Wildman–Crippen MR) is 333 cm³/mol. The zero-order valence-electron chi connectivity index (χ0n) is 50.4. The number of alkyl halides is 1. The van der Waals surface area contributed by atoms with E-state index in [1.807, 2.05) is 30.0 Å². The van der Waals surface area contributed by atoms with Crippen molar-refractivity contribution in [1.82, 2.24) is 21.3 Å². The minimum absolute atomic E-state index is 0.0355. The van der Waals surface area contributed by atoms with Gasteiger partial charge in [0, 0.05) is 55.1 Å². The van der Waals surface area contributed by atoms with Crippen molar-refractivity contribution in [3.8, 4) is 11.5 Å². The Balaban J connectivity index is 0.930. The molecule has 1 fully saturated rings. The Kier molecular flexibility index (Phi) is 48.4. The number of benzene rings is 2. The molecule has 0 saturated carbocycles. The number of aryl methyl sites for hydroxylation is 1. The summed E-state index contributed by atoms with van der Waals surface area (Å²) in [6, 6.07) is 13.0. The summed E-state index contributed by atoms with van der Waals surface area (Å²) in [7, 11) is 1.66. The topological polar surface area (TPSA) is 272 Å². The molecule has 1 aliphatic rings. The number of methoxy groups -OCH3 is 1. The monoisotopic (exact) mass is 1340 g/mol. The van der Waals surface area contributed by atoms with Crippen LogP contribution in [-0.2, 0) is 79.4 Å². The Hall–Kier alpha value is -3.68. The maximum atomic E-state index is 12.6. The molecule has 2 atom stereocenters. The van der Waals surface area contributed by atoms with Gasteiger partial charge in [0.1, 0.15) is 0 Å². The van der Waals surface area contributed by atoms with E-state index in [0.717, 1.165) is 78.6 Å². The largest absolute Gasteiger partial charge is 0.493 e. The van der Waals surface area contributed by atoms with Crippen LogP contribution in [0.3, 0.4) is 0 Å². The molecule has 0 aromatic heterocycles. The Bertz CT molecular complexity index is 1970. The van der Waals surface area contributed by atoms with Crippen LogP contribution in [0.25, 0.3) is 0 Å². The van der Waals surface area contributed by atoms with Crippen LogP contribution in [-0.4, -0.2) is 231 Å². The minimum atomic E-state index is -0.466. The fraction of sp³-hybridized carbons (Fsp3) is 0.733. The highest BCUT2D eigenvalue weighted by Crippen LogP contribution is 2.31. The second-order valence-corrected chi connectivity index (χ2v) is 21.9. The van der Waals surface area contributed by atoms with Gasteiger partial charge in [0.05, 0.1) is 172 Å². The number of hydrogen-bond acceptors (Lipinski definition) is 19. The molecule has 1 heterocycles. The maximum Gasteiger partial charge on any atom is 0.312 e. The lowest BCUT2D eigenvalue weighted by Crippen LogP contribution is -2.38. The molecular formula is C60H100IN5O18S. The summed E-state index contributed by atoms with van der Waals surface area (Å²) in [5.41, 5.74) is 7.91. The van der Waals surface area contributed by atoms with Crippen LogP contribution < -0.4 is 36.5 Å². The fourth-order valence-corrected chi connectivity index (χ4v) is 10.1. The zero-order valence-corrected chi connectivity index (χ0v) is 53.4. The molecule has 0 bridgehead atoms. The summed E-state index contributed by atoms with van der Waals surface area (Å²) in [6.45, 7) is 12.6. The van der Waals surface area contributed by atoms with E-state index >= 15 is 0 Å². The summed E-state index contributed by atoms with van der Waals surface area (Å²) in [5.74, 6) is 2.16. The van der Waals surface area contributed by atoms with Crippen LogP contribution in [0.2, 0.25) is 0 Å². The van der Waals surface area contributed by atoms with Gasteiger partial charge in [-0.05, 0) is 91.2 Å². The molecule has 486 valence electrons. The number of urea groups is 1. The zero-order chi connectivity index (χ0) is 60.7. The molecule has 2 aromatic carbocycles. The highest BCUT2D eigenvalue weighted by molar-refractivity contribution is 14.1. The van der Waals surface area contributed by atoms with Crippen molar-refractivity contribution in [2.75, 3.05) is 196 Å². The molecule has 0 aliphatic carbocycles. The molecule has 2 aromatic rings. The molecular weight excluding hydrogens is 1240 g/mol. The first kappa shape index (κ1) is 75.6. The van der Waals surface area contributed by atoms with Crippen LogP contribution in [0.1, 0.15) is 85.7 Å². The summed E-state index contributed by atoms with van der Waals surface area (Å²) in [5, 5.41) is 12.0. The SMILES string of the molecule is COc1cc(CCCCI)ccc1OCCCCNC(=O)c1ccc(CNC(=O)CCOCCOCCOCCOCCOCCOCCOCCOCCOCCOCCOCCOCCNC(=O)CCCC[C@H]2C[C@@H](NC(N)=O)CS2)cc1. The van der Waals surface area contributed by atoms with Gasteiger partial charge in [-0.15, -0.1) is 0 Å². The minimum Gasteiger partial charge on any atom is -0.493 e. The highest BCUT2D eigenvalue weighted by atomic mass is 127. The molecule has 1 aliphatic heterocycles. The van der Waals surface area contributed by atoms with Gasteiger partial charge in [0.15, 0.2) is 11.5 Å². The fourth-order valence-electron chi connectivity index (χ4n) is 8.09. The van der Waals surface area contributed by atoms with Crippen molar-refractivity contribution in [3.05, 3.63) is 59.2 Å². The van der Waals surface area contributed by atoms with Crippen LogP contribution in [0.15, 0.2) is 42.5 Å². The second kappa shape index (κ2) is 54.5. The lowest BCUT2D eigenvalue weighted by Gasteiger charge is -2.12. The van der Waals surface area contributed by atoms with Crippen molar-refractivity contribution >= 4 is 58.1 Å². The molecule has 5 amide bonds. The average molecular weight is 1340 g/mol. The van der Waals surface area contributed by atoms with E-state index in [4.69, 9.17) is 72.0 Å². The standard InChI is InChI=1S/C60H100IN5O18S/c1-71-56-46-50(8-4-5-18-61)13-16-55(56)84-21-7-6-19-64-59(69)52-14-11-51(12-15-52)48-65-58(68)17-22-72-24-26-74-28-30-76-32-34-78-36-38-80-40-42-82-44-45-83-43-41-81-39-37-79-35-33-77-31-29-75-27-25-73-23-20-63-57(67)10-3-2-9-54-47-53(49-85-54)66-60(62)70/h11-16,46,53-54H,2-10,17-45,47-49H2,1H3,(H,63,67)(H,64,69)(H,65,68)(H3,62,66,70)/t53-,54+/m1/s1. The van der Waals surface area contributed by atoms with E-state index < -0.39 is 6.03 Å². The quantitative estimate of drug-likeness (QED) is 0.0312. The Morgan fingerprint density at radius 2 is 1.00 bits per heavy atom. The van der Waals surface area contributed by atoms with Crippen LogP contribution in [0.4, 0.5) is 4.79 Å². The van der Waals surface area contributed by atoms with Crippen molar-refractivity contribution in [3.63, 3.8) is 0 Å². The molecule has 23 nitrogen and oxygen atoms in total. The number of amides is 5. The lowest BCUT2D eigenvalue weighted by molar-refractivity contribution is -0.123. The van der Waals surface area contributed by atoms with Gasteiger partial charge >= 0.3 is 6.03 Å². The number of nitrogens with two attached hydrogens (primary N) is 1. The number of unbranched alkanes of at least 4 members (excludes halogenated alkanes) is 3. The van der Waals surface area contributed by atoms with E-state index in [0.29, 0.717) is 195 Å². The van der Waals surface area contributed by atoms with Crippen molar-refractivity contribution in [2.24, 2.45) is 5.73 Å². The third-order valence-electron chi connectivity index (χ3n) is 12.6. The summed E-state index contributed by atoms with van der Waals surface area (Å²) < 4.78 is 79.0. The molecule has 6 N–H and O–H groups in total. The first-order chi connectivity index (χ1) is 41.8. The average Bonchev–Trinajstić information content (AvgIpc) is 4.01. The van der Waals surface area contributed by atoms with Gasteiger partial charge in [-0.1, -0.05) is 47.2 Å². The summed E-state index contributed by atoms with van der Waals surface area (Å²) >= 11 is 4.27. The van der Waals surface area contributed by atoms with E-state index in [1.54, 1.807) is 19.2 Å². The number of carbonyl (C=O) groups is 4. The normalized spacial score (nSPS) is 13.9. The van der Waals surface area contributed by atoms with Crippen LogP contribution in [0, 0.1) is 0 Å². The predicted octanol–water partition coefficient (Wildman–Crippen LogP) is 5.47. The maximum absolute atomic E-state index is 12.6. The van der Waals surface area contributed by atoms with Gasteiger partial charge < -0.3 is 93.3 Å². The van der Waals surface area contributed by atoms with Crippen molar-refractivity contribution < 1.29 is 85.5 Å². The molecule has 85 heavy (non-hydrogen) atoms. The number of carbonyl (C=O) groups excluding carboxylic acids is 4. The van der Waals surface area contributed by atoms with E-state index in [1.165, 1.54) is 12.0 Å². The Morgan fingerprint density at radius 3 is 1.51 bits per heavy atom. The van der Waals surface area contributed by atoms with Crippen LogP contribution >= 0.6 is 34.4 Å². The van der Waals surface area contributed by atoms with E-state index in [-0.39, 0.29) is 36.8 Å². The molecule has 3 rings (SSSR count). The molecule has 0 unspecified atom stereocenters. The van der Waals surface area contributed by atoms with Crippen molar-refractivity contribution in [1.29, 1.82) is 0 Å². The Labute approximate surface area is 522 Å². The number of halogens is 1. The number of hydrogen-bond donors (Lipinski definition) is 5. The summed E-state index contributed by atoms with van der Waals surface area (Å²) in [4.78, 5) is 48.0. The molecule has 0 spiro atoms. The first-order valence-electron chi connectivity index (χ1n) is 30.1. The number of thioether (sulfide) groups is 1.